The Labute approximate surface area is 151 Å². The van der Waals surface area contributed by atoms with Crippen molar-refractivity contribution in [1.82, 2.24) is 0 Å². The van der Waals surface area contributed by atoms with E-state index >= 15 is 0 Å². The first kappa shape index (κ1) is 16.9. The van der Waals surface area contributed by atoms with Crippen molar-refractivity contribution in [1.29, 1.82) is 0 Å². The van der Waals surface area contributed by atoms with Crippen LogP contribution in [0, 0.1) is 0 Å². The van der Waals surface area contributed by atoms with Crippen LogP contribution in [-0.2, 0) is 4.79 Å². The van der Waals surface area contributed by atoms with Crippen molar-refractivity contribution in [3.63, 3.8) is 0 Å². The topological polar surface area (TPSA) is 50.4 Å². The lowest BCUT2D eigenvalue weighted by molar-refractivity contribution is -0.114. The van der Waals surface area contributed by atoms with Gasteiger partial charge < -0.3 is 15.4 Å². The van der Waals surface area contributed by atoms with Crippen molar-refractivity contribution < 1.29 is 9.53 Å². The van der Waals surface area contributed by atoms with E-state index < -0.39 is 0 Å². The Morgan fingerprint density at radius 3 is 2.32 bits per heavy atom. The lowest BCUT2D eigenvalue weighted by Gasteiger charge is -2.13. The molecule has 0 fully saturated rings. The Morgan fingerprint density at radius 1 is 0.880 bits per heavy atom. The van der Waals surface area contributed by atoms with Crippen molar-refractivity contribution >= 4 is 28.9 Å². The van der Waals surface area contributed by atoms with Crippen molar-refractivity contribution in [3.8, 4) is 11.5 Å². The fourth-order valence-corrected chi connectivity index (χ4v) is 2.36. The molecular weight excluding hydrogens is 336 g/mol. The third-order valence-electron chi connectivity index (χ3n) is 3.43. The quantitative estimate of drug-likeness (QED) is 0.642. The largest absolute Gasteiger partial charge is 0.455 e. The maximum atomic E-state index is 12.1. The van der Waals surface area contributed by atoms with Gasteiger partial charge in [0.2, 0.25) is 5.91 Å². The van der Waals surface area contributed by atoms with Gasteiger partial charge in [-0.05, 0) is 48.5 Å². The highest BCUT2D eigenvalue weighted by molar-refractivity contribution is 6.30. The van der Waals surface area contributed by atoms with E-state index in [4.69, 9.17) is 16.3 Å². The smallest absolute Gasteiger partial charge is 0.243 e. The van der Waals surface area contributed by atoms with Crippen LogP contribution in [0.5, 0.6) is 11.5 Å². The van der Waals surface area contributed by atoms with Gasteiger partial charge in [-0.2, -0.15) is 0 Å². The first-order chi connectivity index (χ1) is 12.2. The van der Waals surface area contributed by atoms with E-state index in [0.717, 1.165) is 11.4 Å². The number of nitrogens with one attached hydrogen (secondary N) is 2. The van der Waals surface area contributed by atoms with Crippen molar-refractivity contribution in [3.05, 3.63) is 83.9 Å². The van der Waals surface area contributed by atoms with Crippen LogP contribution in [0.2, 0.25) is 5.02 Å². The third kappa shape index (κ3) is 4.99. The van der Waals surface area contributed by atoms with E-state index in [2.05, 4.69) is 10.6 Å². The fraction of sp³-hybridized carbons (Fsp3) is 0.0500. The molecule has 2 N–H and O–H groups in total. The third-order valence-corrected chi connectivity index (χ3v) is 3.68. The van der Waals surface area contributed by atoms with E-state index in [9.17, 15) is 4.79 Å². The van der Waals surface area contributed by atoms with Gasteiger partial charge in [0.05, 0.1) is 12.2 Å². The van der Waals surface area contributed by atoms with Crippen LogP contribution < -0.4 is 15.4 Å². The Balaban J connectivity index is 1.61. The lowest BCUT2D eigenvalue weighted by Crippen LogP contribution is -2.21. The van der Waals surface area contributed by atoms with E-state index in [1.807, 2.05) is 54.6 Å². The van der Waals surface area contributed by atoms with Gasteiger partial charge in [0.25, 0.3) is 0 Å². The molecule has 25 heavy (non-hydrogen) atoms. The molecule has 1 amide bonds. The summed E-state index contributed by atoms with van der Waals surface area (Å²) in [5, 5.41) is 6.54. The molecule has 5 heteroatoms. The highest BCUT2D eigenvalue weighted by Gasteiger charge is 2.07. The number of anilines is 2. The maximum Gasteiger partial charge on any atom is 0.243 e. The Kier molecular flexibility index (Phi) is 5.54. The van der Waals surface area contributed by atoms with Crippen molar-refractivity contribution in [2.75, 3.05) is 17.2 Å². The van der Waals surface area contributed by atoms with Gasteiger partial charge in [0.15, 0.2) is 5.75 Å². The Bertz CT molecular complexity index is 836. The number of amides is 1. The SMILES string of the molecule is O=C(CNc1ccccc1Oc1ccccc1)Nc1ccc(Cl)cc1. The second-order valence-electron chi connectivity index (χ2n) is 5.32. The number of ether oxygens (including phenoxy) is 1. The summed E-state index contributed by atoms with van der Waals surface area (Å²) in [6, 6.07) is 24.0. The molecule has 0 heterocycles. The minimum Gasteiger partial charge on any atom is -0.455 e. The molecule has 3 aromatic rings. The predicted molar refractivity (Wildman–Crippen MR) is 102 cm³/mol. The van der Waals surface area contributed by atoms with Gasteiger partial charge in [-0.3, -0.25) is 4.79 Å². The molecule has 0 atom stereocenters. The van der Waals surface area contributed by atoms with Crippen molar-refractivity contribution in [2.24, 2.45) is 0 Å². The average Bonchev–Trinajstić information content (AvgIpc) is 2.64. The summed E-state index contributed by atoms with van der Waals surface area (Å²) in [6.45, 7) is 0.123. The van der Waals surface area contributed by atoms with E-state index in [1.54, 1.807) is 24.3 Å². The summed E-state index contributed by atoms with van der Waals surface area (Å²) < 4.78 is 5.86. The van der Waals surface area contributed by atoms with Crippen LogP contribution in [0.15, 0.2) is 78.9 Å². The number of carbonyl (C=O) groups excluding carboxylic acids is 1. The van der Waals surface area contributed by atoms with Crippen molar-refractivity contribution in [2.45, 2.75) is 0 Å². The molecule has 0 saturated carbocycles. The molecule has 0 aromatic heterocycles. The van der Waals surface area contributed by atoms with Crippen LogP contribution in [0.3, 0.4) is 0 Å². The summed E-state index contributed by atoms with van der Waals surface area (Å²) in [5.41, 5.74) is 1.45. The molecule has 4 nitrogen and oxygen atoms in total. The van der Waals surface area contributed by atoms with Crippen LogP contribution in [0.25, 0.3) is 0 Å². The molecule has 0 bridgehead atoms. The summed E-state index contributed by atoms with van der Waals surface area (Å²) in [6.07, 6.45) is 0. The number of hydrogen-bond acceptors (Lipinski definition) is 3. The normalized spacial score (nSPS) is 10.1. The molecule has 126 valence electrons. The van der Waals surface area contributed by atoms with Crippen LogP contribution >= 0.6 is 11.6 Å². The number of benzene rings is 3. The summed E-state index contributed by atoms with van der Waals surface area (Å²) >= 11 is 5.83. The van der Waals surface area contributed by atoms with Gasteiger partial charge in [0.1, 0.15) is 5.75 Å². The van der Waals surface area contributed by atoms with Gasteiger partial charge in [0, 0.05) is 10.7 Å². The summed E-state index contributed by atoms with van der Waals surface area (Å²) in [5.74, 6) is 1.24. The second kappa shape index (κ2) is 8.22. The Hall–Kier alpha value is -2.98. The fourth-order valence-electron chi connectivity index (χ4n) is 2.23. The molecule has 3 aromatic carbocycles. The molecular formula is C20H17ClN2O2. The molecule has 0 saturated heterocycles. The highest BCUT2D eigenvalue weighted by Crippen LogP contribution is 2.28. The number of halogens is 1. The lowest BCUT2D eigenvalue weighted by atomic mass is 10.2. The zero-order valence-corrected chi connectivity index (χ0v) is 14.2. The zero-order valence-electron chi connectivity index (χ0n) is 13.4. The van der Waals surface area contributed by atoms with Gasteiger partial charge in [-0.1, -0.05) is 41.9 Å². The standard InChI is InChI=1S/C20H17ClN2O2/c21-15-10-12-16(13-11-15)23-20(24)14-22-18-8-4-5-9-19(18)25-17-6-2-1-3-7-17/h1-13,22H,14H2,(H,23,24). The number of carbonyl (C=O) groups is 1. The molecule has 0 spiro atoms. The van der Waals surface area contributed by atoms with Gasteiger partial charge in [-0.15, -0.1) is 0 Å². The number of para-hydroxylation sites is 3. The predicted octanol–water partition coefficient (Wildman–Crippen LogP) is 5.18. The summed E-state index contributed by atoms with van der Waals surface area (Å²) in [4.78, 5) is 12.1. The molecule has 0 aliphatic rings. The van der Waals surface area contributed by atoms with Gasteiger partial charge >= 0.3 is 0 Å². The van der Waals surface area contributed by atoms with Gasteiger partial charge in [-0.25, -0.2) is 0 Å². The maximum absolute atomic E-state index is 12.1. The minimum atomic E-state index is -0.156. The van der Waals surface area contributed by atoms with E-state index in [0.29, 0.717) is 16.5 Å². The monoisotopic (exact) mass is 352 g/mol. The number of hydrogen-bond donors (Lipinski definition) is 2. The first-order valence-electron chi connectivity index (χ1n) is 7.82. The average molecular weight is 353 g/mol. The molecule has 3 rings (SSSR count). The summed E-state index contributed by atoms with van der Waals surface area (Å²) in [7, 11) is 0. The van der Waals surface area contributed by atoms with E-state index in [-0.39, 0.29) is 12.5 Å². The molecule has 0 aliphatic carbocycles. The highest BCUT2D eigenvalue weighted by atomic mass is 35.5. The molecule has 0 unspecified atom stereocenters. The first-order valence-corrected chi connectivity index (χ1v) is 8.20. The second-order valence-corrected chi connectivity index (χ2v) is 5.76. The molecule has 0 aliphatic heterocycles. The Morgan fingerprint density at radius 2 is 1.56 bits per heavy atom. The minimum absolute atomic E-state index is 0.123. The van der Waals surface area contributed by atoms with Crippen LogP contribution in [-0.4, -0.2) is 12.5 Å². The number of rotatable bonds is 6. The van der Waals surface area contributed by atoms with E-state index in [1.165, 1.54) is 0 Å². The van der Waals surface area contributed by atoms with Crippen LogP contribution in [0.1, 0.15) is 0 Å². The zero-order chi connectivity index (χ0) is 17.5. The van der Waals surface area contributed by atoms with Crippen LogP contribution in [0.4, 0.5) is 11.4 Å². The molecule has 0 radical (unpaired) electrons.